The van der Waals surface area contributed by atoms with Crippen molar-refractivity contribution in [3.8, 4) is 5.75 Å². The number of benzene rings is 1. The van der Waals surface area contributed by atoms with Crippen molar-refractivity contribution in [1.29, 1.82) is 0 Å². The van der Waals surface area contributed by atoms with Gasteiger partial charge in [-0.1, -0.05) is 0 Å². The van der Waals surface area contributed by atoms with E-state index in [0.717, 1.165) is 12.1 Å². The predicted octanol–water partition coefficient (Wildman–Crippen LogP) is 3.75. The number of nitrogens with one attached hydrogen (secondary N) is 2. The molecule has 1 heterocycles. The van der Waals surface area contributed by atoms with E-state index < -0.39 is 33.5 Å². The van der Waals surface area contributed by atoms with Crippen molar-refractivity contribution in [3.05, 3.63) is 42.0 Å². The summed E-state index contributed by atoms with van der Waals surface area (Å²) < 4.78 is 82.9. The van der Waals surface area contributed by atoms with Gasteiger partial charge in [0.15, 0.2) is 11.6 Å². The topological polar surface area (TPSA) is 72.4 Å². The van der Waals surface area contributed by atoms with Gasteiger partial charge in [-0.05, 0) is 39.0 Å². The van der Waals surface area contributed by atoms with E-state index in [1.807, 2.05) is 0 Å². The van der Waals surface area contributed by atoms with Gasteiger partial charge in [0.1, 0.15) is 0 Å². The molecule has 2 N–H and O–H groups in total. The lowest BCUT2D eigenvalue weighted by molar-refractivity contribution is -0.275. The van der Waals surface area contributed by atoms with Crippen molar-refractivity contribution in [2.24, 2.45) is 7.05 Å². The lowest BCUT2D eigenvalue weighted by atomic mass is 10.1. The van der Waals surface area contributed by atoms with Crippen LogP contribution in [-0.2, 0) is 23.6 Å². The molecule has 1 aromatic carbocycles. The fourth-order valence-corrected chi connectivity index (χ4v) is 3.88. The lowest BCUT2D eigenvalue weighted by Crippen LogP contribution is -2.40. The average Bonchev–Trinajstić information content (AvgIpc) is 2.86. The van der Waals surface area contributed by atoms with Crippen molar-refractivity contribution < 1.29 is 30.7 Å². The van der Waals surface area contributed by atoms with E-state index in [1.165, 1.54) is 18.3 Å². The molecule has 0 amide bonds. The molecule has 0 radical (unpaired) electrons. The number of sulfonamides is 1. The number of rotatable bonds is 6. The standard InChI is InChI=1S/C17H21F4N3O3S/c1-16(2,3)23-28(25,26)13-8-12(24(4)10-13)9-22-11-5-6-14(18)15(7-11)27-17(19,20)21/h5-8,10,22-23H,9H2,1-4H3. The summed E-state index contributed by atoms with van der Waals surface area (Å²) in [7, 11) is -2.09. The highest BCUT2D eigenvalue weighted by Gasteiger charge is 2.32. The predicted molar refractivity (Wildman–Crippen MR) is 95.9 cm³/mol. The molecule has 0 aliphatic heterocycles. The number of nitrogens with zero attached hydrogens (tertiary/aromatic N) is 1. The largest absolute Gasteiger partial charge is 0.573 e. The van der Waals surface area contributed by atoms with E-state index in [1.54, 1.807) is 32.4 Å². The minimum Gasteiger partial charge on any atom is -0.403 e. The summed E-state index contributed by atoms with van der Waals surface area (Å²) >= 11 is 0. The molecule has 0 unspecified atom stereocenters. The second-order valence-electron chi connectivity index (χ2n) is 7.18. The Morgan fingerprint density at radius 2 is 1.79 bits per heavy atom. The minimum absolute atomic E-state index is 0.0573. The van der Waals surface area contributed by atoms with Crippen LogP contribution in [0, 0.1) is 5.82 Å². The van der Waals surface area contributed by atoms with E-state index in [9.17, 15) is 26.0 Å². The zero-order chi connectivity index (χ0) is 21.3. The summed E-state index contributed by atoms with van der Waals surface area (Å²) in [6.45, 7) is 5.24. The highest BCUT2D eigenvalue weighted by Crippen LogP contribution is 2.28. The lowest BCUT2D eigenvalue weighted by Gasteiger charge is -2.19. The molecule has 6 nitrogen and oxygen atoms in total. The molecule has 0 bridgehead atoms. The number of aryl methyl sites for hydroxylation is 1. The maximum atomic E-state index is 13.5. The molecule has 0 saturated carbocycles. The normalized spacial score (nSPS) is 12.9. The Bertz CT molecular complexity index is 948. The molecular formula is C17H21F4N3O3S. The molecule has 156 valence electrons. The van der Waals surface area contributed by atoms with Gasteiger partial charge in [-0.15, -0.1) is 13.2 Å². The highest BCUT2D eigenvalue weighted by atomic mass is 32.2. The first-order chi connectivity index (χ1) is 12.7. The number of hydrogen-bond acceptors (Lipinski definition) is 4. The average molecular weight is 423 g/mol. The van der Waals surface area contributed by atoms with Gasteiger partial charge in [-0.2, -0.15) is 0 Å². The maximum absolute atomic E-state index is 13.5. The van der Waals surface area contributed by atoms with Gasteiger partial charge in [0, 0.05) is 36.2 Å². The van der Waals surface area contributed by atoms with Crippen molar-refractivity contribution >= 4 is 15.7 Å². The number of aromatic nitrogens is 1. The molecular weight excluding hydrogens is 402 g/mol. The van der Waals surface area contributed by atoms with Crippen molar-refractivity contribution in [1.82, 2.24) is 9.29 Å². The Hall–Kier alpha value is -2.27. The summed E-state index contributed by atoms with van der Waals surface area (Å²) in [5.41, 5.74) is 0.0757. The molecule has 2 aromatic rings. The SMILES string of the molecule is Cn1cc(S(=O)(=O)NC(C)(C)C)cc1CNc1ccc(F)c(OC(F)(F)F)c1. The molecule has 28 heavy (non-hydrogen) atoms. The quantitative estimate of drug-likeness (QED) is 0.695. The Morgan fingerprint density at radius 1 is 1.14 bits per heavy atom. The van der Waals surface area contributed by atoms with E-state index in [2.05, 4.69) is 14.8 Å². The van der Waals surface area contributed by atoms with Crippen LogP contribution in [0.25, 0.3) is 0 Å². The van der Waals surface area contributed by atoms with Crippen LogP contribution >= 0.6 is 0 Å². The first kappa shape index (κ1) is 22.0. The van der Waals surface area contributed by atoms with Crippen molar-refractivity contribution in [2.75, 3.05) is 5.32 Å². The first-order valence-electron chi connectivity index (χ1n) is 8.15. The van der Waals surface area contributed by atoms with Crippen LogP contribution in [0.15, 0.2) is 35.4 Å². The Kier molecular flexibility index (Phi) is 6.00. The highest BCUT2D eigenvalue weighted by molar-refractivity contribution is 7.89. The summed E-state index contributed by atoms with van der Waals surface area (Å²) in [6, 6.07) is 4.42. The smallest absolute Gasteiger partial charge is 0.403 e. The zero-order valence-corrected chi connectivity index (χ0v) is 16.5. The first-order valence-corrected chi connectivity index (χ1v) is 9.63. The summed E-state index contributed by atoms with van der Waals surface area (Å²) in [5, 5.41) is 2.82. The number of alkyl halides is 3. The van der Waals surface area contributed by atoms with Gasteiger partial charge in [0.05, 0.1) is 11.4 Å². The molecule has 0 saturated heterocycles. The van der Waals surface area contributed by atoms with E-state index >= 15 is 0 Å². The Balaban J connectivity index is 2.16. The molecule has 0 aliphatic carbocycles. The van der Waals surface area contributed by atoms with E-state index in [0.29, 0.717) is 5.69 Å². The number of anilines is 1. The van der Waals surface area contributed by atoms with Crippen LogP contribution in [-0.4, -0.2) is 24.9 Å². The van der Waals surface area contributed by atoms with Gasteiger partial charge < -0.3 is 14.6 Å². The second kappa shape index (κ2) is 7.63. The molecule has 0 spiro atoms. The van der Waals surface area contributed by atoms with E-state index in [4.69, 9.17) is 0 Å². The summed E-state index contributed by atoms with van der Waals surface area (Å²) in [5.74, 6) is -2.11. The molecule has 0 fully saturated rings. The monoisotopic (exact) mass is 423 g/mol. The Labute approximate surface area is 160 Å². The summed E-state index contributed by atoms with van der Waals surface area (Å²) in [6.07, 6.45) is -3.59. The third-order valence-corrected chi connectivity index (χ3v) is 5.19. The fourth-order valence-electron chi connectivity index (χ4n) is 2.37. The van der Waals surface area contributed by atoms with Crippen LogP contribution in [0.4, 0.5) is 23.2 Å². The van der Waals surface area contributed by atoms with Gasteiger partial charge in [0.25, 0.3) is 0 Å². The van der Waals surface area contributed by atoms with Crippen LogP contribution in [0.2, 0.25) is 0 Å². The second-order valence-corrected chi connectivity index (χ2v) is 8.86. The maximum Gasteiger partial charge on any atom is 0.573 e. The van der Waals surface area contributed by atoms with Crippen LogP contribution in [0.1, 0.15) is 26.5 Å². The molecule has 0 atom stereocenters. The third-order valence-electron chi connectivity index (χ3n) is 3.46. The Morgan fingerprint density at radius 3 is 2.36 bits per heavy atom. The van der Waals surface area contributed by atoms with Crippen molar-refractivity contribution in [3.63, 3.8) is 0 Å². The van der Waals surface area contributed by atoms with Crippen LogP contribution in [0.5, 0.6) is 5.75 Å². The molecule has 2 rings (SSSR count). The van der Waals surface area contributed by atoms with Gasteiger partial charge >= 0.3 is 6.36 Å². The fraction of sp³-hybridized carbons (Fsp3) is 0.412. The van der Waals surface area contributed by atoms with Gasteiger partial charge in [0.2, 0.25) is 10.0 Å². The minimum atomic E-state index is -5.01. The summed E-state index contributed by atoms with van der Waals surface area (Å²) in [4.78, 5) is 0.0573. The van der Waals surface area contributed by atoms with Gasteiger partial charge in [-0.3, -0.25) is 0 Å². The van der Waals surface area contributed by atoms with Crippen LogP contribution < -0.4 is 14.8 Å². The van der Waals surface area contributed by atoms with Crippen LogP contribution in [0.3, 0.4) is 0 Å². The molecule has 1 aromatic heterocycles. The number of hydrogen-bond donors (Lipinski definition) is 2. The van der Waals surface area contributed by atoms with E-state index in [-0.39, 0.29) is 17.1 Å². The van der Waals surface area contributed by atoms with Crippen molar-refractivity contribution in [2.45, 2.75) is 44.1 Å². The third kappa shape index (κ3) is 6.13. The number of halogens is 4. The van der Waals surface area contributed by atoms with Gasteiger partial charge in [-0.25, -0.2) is 17.5 Å². The number of ether oxygens (including phenoxy) is 1. The zero-order valence-electron chi connectivity index (χ0n) is 15.7. The molecule has 0 aliphatic rings. The molecule has 11 heteroatoms.